The lowest BCUT2D eigenvalue weighted by molar-refractivity contribution is 0.414. The summed E-state index contributed by atoms with van der Waals surface area (Å²) in [7, 11) is 1.70. The van der Waals surface area contributed by atoms with E-state index in [1.807, 2.05) is 12.1 Å². The SMILES string of the molecule is COc1cccc(Cn2cc(C)c(C)c2C)c1. The molecular weight excluding hydrogens is 210 g/mol. The van der Waals surface area contributed by atoms with E-state index in [1.54, 1.807) is 7.11 Å². The van der Waals surface area contributed by atoms with E-state index in [9.17, 15) is 0 Å². The Hall–Kier alpha value is -1.70. The van der Waals surface area contributed by atoms with Gasteiger partial charge in [0, 0.05) is 18.4 Å². The van der Waals surface area contributed by atoms with Crippen molar-refractivity contribution in [1.82, 2.24) is 4.57 Å². The molecule has 1 heterocycles. The normalized spacial score (nSPS) is 10.6. The summed E-state index contributed by atoms with van der Waals surface area (Å²) in [5, 5.41) is 0. The fourth-order valence-electron chi connectivity index (χ4n) is 2.06. The van der Waals surface area contributed by atoms with Crippen LogP contribution in [0.25, 0.3) is 0 Å². The number of aromatic nitrogens is 1. The van der Waals surface area contributed by atoms with Crippen molar-refractivity contribution >= 4 is 0 Å². The molecule has 1 aromatic heterocycles. The van der Waals surface area contributed by atoms with Crippen LogP contribution < -0.4 is 4.74 Å². The van der Waals surface area contributed by atoms with Gasteiger partial charge in [0.1, 0.15) is 5.75 Å². The summed E-state index contributed by atoms with van der Waals surface area (Å²) >= 11 is 0. The van der Waals surface area contributed by atoms with Crippen molar-refractivity contribution in [3.05, 3.63) is 52.8 Å². The first-order valence-corrected chi connectivity index (χ1v) is 5.87. The third-order valence-electron chi connectivity index (χ3n) is 3.40. The molecule has 2 nitrogen and oxygen atoms in total. The maximum atomic E-state index is 5.24. The largest absolute Gasteiger partial charge is 0.497 e. The lowest BCUT2D eigenvalue weighted by Gasteiger charge is -2.08. The molecule has 0 saturated carbocycles. The molecule has 0 unspecified atom stereocenters. The maximum Gasteiger partial charge on any atom is 0.119 e. The van der Waals surface area contributed by atoms with E-state index in [1.165, 1.54) is 22.4 Å². The lowest BCUT2D eigenvalue weighted by Crippen LogP contribution is -2.00. The van der Waals surface area contributed by atoms with Gasteiger partial charge in [0.2, 0.25) is 0 Å². The number of benzene rings is 1. The minimum absolute atomic E-state index is 0.901. The van der Waals surface area contributed by atoms with Gasteiger partial charge in [-0.05, 0) is 49.6 Å². The smallest absolute Gasteiger partial charge is 0.119 e. The molecule has 0 amide bonds. The van der Waals surface area contributed by atoms with Gasteiger partial charge >= 0.3 is 0 Å². The van der Waals surface area contributed by atoms with E-state index >= 15 is 0 Å². The molecule has 0 aliphatic carbocycles. The summed E-state index contributed by atoms with van der Waals surface area (Å²) in [4.78, 5) is 0. The maximum absolute atomic E-state index is 5.24. The van der Waals surface area contributed by atoms with Crippen molar-refractivity contribution in [2.75, 3.05) is 7.11 Å². The molecule has 0 N–H and O–H groups in total. The highest BCUT2D eigenvalue weighted by molar-refractivity contribution is 5.32. The monoisotopic (exact) mass is 229 g/mol. The lowest BCUT2D eigenvalue weighted by atomic mass is 10.2. The highest BCUT2D eigenvalue weighted by atomic mass is 16.5. The van der Waals surface area contributed by atoms with Gasteiger partial charge in [-0.3, -0.25) is 0 Å². The van der Waals surface area contributed by atoms with Crippen LogP contribution in [0.4, 0.5) is 0 Å². The Morgan fingerprint density at radius 1 is 1.18 bits per heavy atom. The van der Waals surface area contributed by atoms with Crippen LogP contribution in [0.5, 0.6) is 5.75 Å². The van der Waals surface area contributed by atoms with Crippen molar-refractivity contribution < 1.29 is 4.74 Å². The van der Waals surface area contributed by atoms with Crippen LogP contribution in [0, 0.1) is 20.8 Å². The Morgan fingerprint density at radius 3 is 2.53 bits per heavy atom. The van der Waals surface area contributed by atoms with Gasteiger partial charge in [0.25, 0.3) is 0 Å². The number of hydrogen-bond donors (Lipinski definition) is 0. The zero-order valence-electron chi connectivity index (χ0n) is 10.9. The Labute approximate surface area is 103 Å². The number of nitrogens with zero attached hydrogens (tertiary/aromatic N) is 1. The van der Waals surface area contributed by atoms with Gasteiger partial charge in [-0.25, -0.2) is 0 Å². The Bertz CT molecular complexity index is 526. The highest BCUT2D eigenvalue weighted by Gasteiger charge is 2.05. The molecule has 0 spiro atoms. The van der Waals surface area contributed by atoms with Crippen LogP contribution >= 0.6 is 0 Å². The van der Waals surface area contributed by atoms with Gasteiger partial charge in [-0.2, -0.15) is 0 Å². The number of ether oxygens (including phenoxy) is 1. The molecule has 2 heteroatoms. The predicted molar refractivity (Wildman–Crippen MR) is 70.7 cm³/mol. The molecule has 0 aliphatic heterocycles. The zero-order chi connectivity index (χ0) is 12.4. The number of rotatable bonds is 3. The zero-order valence-corrected chi connectivity index (χ0v) is 10.9. The Balaban J connectivity index is 2.28. The molecule has 0 radical (unpaired) electrons. The van der Waals surface area contributed by atoms with Crippen LogP contribution in [-0.4, -0.2) is 11.7 Å². The van der Waals surface area contributed by atoms with Gasteiger partial charge in [0.15, 0.2) is 0 Å². The van der Waals surface area contributed by atoms with Crippen LogP contribution in [0.1, 0.15) is 22.4 Å². The second-order valence-electron chi connectivity index (χ2n) is 4.50. The van der Waals surface area contributed by atoms with Crippen LogP contribution in [0.3, 0.4) is 0 Å². The molecule has 0 saturated heterocycles. The molecule has 90 valence electrons. The van der Waals surface area contributed by atoms with E-state index in [0.717, 1.165) is 12.3 Å². The summed E-state index contributed by atoms with van der Waals surface area (Å²) in [6.45, 7) is 7.40. The Kier molecular flexibility index (Phi) is 3.23. The third kappa shape index (κ3) is 2.36. The average Bonchev–Trinajstić information content (AvgIpc) is 2.57. The molecular formula is C15H19NO. The van der Waals surface area contributed by atoms with Crippen molar-refractivity contribution in [2.24, 2.45) is 0 Å². The quantitative estimate of drug-likeness (QED) is 0.786. The van der Waals surface area contributed by atoms with Crippen molar-refractivity contribution in [1.29, 1.82) is 0 Å². The molecule has 17 heavy (non-hydrogen) atoms. The number of aryl methyl sites for hydroxylation is 1. The second kappa shape index (κ2) is 4.66. The van der Waals surface area contributed by atoms with Crippen molar-refractivity contribution in [3.63, 3.8) is 0 Å². The Morgan fingerprint density at radius 2 is 1.94 bits per heavy atom. The first-order valence-electron chi connectivity index (χ1n) is 5.87. The summed E-state index contributed by atoms with van der Waals surface area (Å²) in [6, 6.07) is 8.23. The topological polar surface area (TPSA) is 14.2 Å². The first kappa shape index (κ1) is 11.8. The molecule has 0 bridgehead atoms. The minimum atomic E-state index is 0.901. The molecule has 2 rings (SSSR count). The summed E-state index contributed by atoms with van der Waals surface area (Å²) < 4.78 is 7.53. The van der Waals surface area contributed by atoms with E-state index < -0.39 is 0 Å². The molecule has 0 atom stereocenters. The van der Waals surface area contributed by atoms with Gasteiger partial charge in [-0.15, -0.1) is 0 Å². The standard InChI is InChI=1S/C15H19NO/c1-11-9-16(13(3)12(11)2)10-14-6-5-7-15(8-14)17-4/h5-9H,10H2,1-4H3. The molecule has 2 aromatic rings. The average molecular weight is 229 g/mol. The first-order chi connectivity index (χ1) is 8.11. The van der Waals surface area contributed by atoms with E-state index in [-0.39, 0.29) is 0 Å². The van der Waals surface area contributed by atoms with E-state index in [0.29, 0.717) is 0 Å². The fourth-order valence-corrected chi connectivity index (χ4v) is 2.06. The summed E-state index contributed by atoms with van der Waals surface area (Å²) in [5.74, 6) is 0.917. The van der Waals surface area contributed by atoms with Crippen LogP contribution in [0.15, 0.2) is 30.5 Å². The molecule has 0 aliphatic rings. The minimum Gasteiger partial charge on any atom is -0.497 e. The highest BCUT2D eigenvalue weighted by Crippen LogP contribution is 2.18. The molecule has 0 fully saturated rings. The van der Waals surface area contributed by atoms with E-state index in [2.05, 4.69) is 43.7 Å². The van der Waals surface area contributed by atoms with Crippen molar-refractivity contribution in [3.8, 4) is 5.75 Å². The third-order valence-corrected chi connectivity index (χ3v) is 3.40. The van der Waals surface area contributed by atoms with Gasteiger partial charge < -0.3 is 9.30 Å². The van der Waals surface area contributed by atoms with Gasteiger partial charge in [-0.1, -0.05) is 12.1 Å². The fraction of sp³-hybridized carbons (Fsp3) is 0.333. The summed E-state index contributed by atoms with van der Waals surface area (Å²) in [5.41, 5.74) is 5.34. The van der Waals surface area contributed by atoms with Gasteiger partial charge in [0.05, 0.1) is 7.11 Å². The van der Waals surface area contributed by atoms with E-state index in [4.69, 9.17) is 4.74 Å². The van der Waals surface area contributed by atoms with Crippen LogP contribution in [0.2, 0.25) is 0 Å². The second-order valence-corrected chi connectivity index (χ2v) is 4.50. The predicted octanol–water partition coefficient (Wildman–Crippen LogP) is 3.47. The summed E-state index contributed by atoms with van der Waals surface area (Å²) in [6.07, 6.45) is 2.21. The molecule has 1 aromatic carbocycles. The van der Waals surface area contributed by atoms with Crippen molar-refractivity contribution in [2.45, 2.75) is 27.3 Å². The number of methoxy groups -OCH3 is 1. The van der Waals surface area contributed by atoms with Crippen LogP contribution in [-0.2, 0) is 6.54 Å². The number of hydrogen-bond acceptors (Lipinski definition) is 1.